The number of Topliss-reactive ketones (excluding diaryl/α,β-unsaturated/α-hetero) is 1. The zero-order valence-corrected chi connectivity index (χ0v) is 19.6. The summed E-state index contributed by atoms with van der Waals surface area (Å²) < 4.78 is 28.6. The molecular formula is C28H25NO6. The van der Waals surface area contributed by atoms with Crippen LogP contribution in [0.5, 0.6) is 28.7 Å². The fraction of sp³-hybridized carbons (Fsp3) is 0.250. The Balaban J connectivity index is 1.25. The standard InChI is InChI=1S/C28H25NO6/c1-17-11-23-20(14-29(15-32-23)10-9-19-5-3-4-6-21(19)31-2)28-26(17)27(30)25(35-28)13-18-7-8-22-24(12-18)34-16-33-22/h3-8,11-13H,9-10,14-16H2,1-2H3/b25-13-. The van der Waals surface area contributed by atoms with Gasteiger partial charge in [0.15, 0.2) is 17.3 Å². The summed E-state index contributed by atoms with van der Waals surface area (Å²) in [6, 6.07) is 15.5. The molecule has 7 nitrogen and oxygen atoms in total. The second kappa shape index (κ2) is 8.67. The van der Waals surface area contributed by atoms with Crippen LogP contribution >= 0.6 is 0 Å². The molecule has 0 atom stereocenters. The first-order valence-electron chi connectivity index (χ1n) is 11.6. The van der Waals surface area contributed by atoms with E-state index < -0.39 is 0 Å². The molecule has 178 valence electrons. The maximum Gasteiger partial charge on any atom is 0.232 e. The molecule has 0 bridgehead atoms. The number of ketones is 1. The number of para-hydroxylation sites is 1. The first kappa shape index (κ1) is 21.6. The number of aryl methyl sites for hydroxylation is 1. The minimum Gasteiger partial charge on any atom is -0.496 e. The van der Waals surface area contributed by atoms with Crippen LogP contribution in [0.3, 0.4) is 0 Å². The maximum atomic E-state index is 13.3. The van der Waals surface area contributed by atoms with Gasteiger partial charge in [-0.15, -0.1) is 0 Å². The van der Waals surface area contributed by atoms with Crippen LogP contribution in [0.15, 0.2) is 54.3 Å². The van der Waals surface area contributed by atoms with Gasteiger partial charge < -0.3 is 23.7 Å². The molecule has 0 fully saturated rings. The van der Waals surface area contributed by atoms with Crippen LogP contribution in [0.25, 0.3) is 6.08 Å². The van der Waals surface area contributed by atoms with Crippen molar-refractivity contribution >= 4 is 11.9 Å². The van der Waals surface area contributed by atoms with Gasteiger partial charge in [-0.2, -0.15) is 0 Å². The van der Waals surface area contributed by atoms with Gasteiger partial charge in [0.25, 0.3) is 0 Å². The normalized spacial score (nSPS) is 17.1. The average molecular weight is 472 g/mol. The smallest absolute Gasteiger partial charge is 0.232 e. The van der Waals surface area contributed by atoms with Crippen LogP contribution in [0, 0.1) is 6.92 Å². The third-order valence-electron chi connectivity index (χ3n) is 6.57. The molecule has 3 aliphatic heterocycles. The molecule has 3 aromatic carbocycles. The molecule has 6 rings (SSSR count). The van der Waals surface area contributed by atoms with E-state index in [1.807, 2.05) is 49.4 Å². The van der Waals surface area contributed by atoms with Crippen LogP contribution in [0.1, 0.15) is 32.6 Å². The van der Waals surface area contributed by atoms with Crippen LogP contribution in [-0.2, 0) is 13.0 Å². The van der Waals surface area contributed by atoms with Crippen molar-refractivity contribution in [2.75, 3.05) is 27.2 Å². The highest BCUT2D eigenvalue weighted by Gasteiger charge is 2.35. The molecule has 0 radical (unpaired) electrons. The minimum absolute atomic E-state index is 0.121. The van der Waals surface area contributed by atoms with Crippen molar-refractivity contribution < 1.29 is 28.5 Å². The van der Waals surface area contributed by atoms with E-state index in [0.717, 1.165) is 46.7 Å². The van der Waals surface area contributed by atoms with Crippen molar-refractivity contribution in [3.8, 4) is 28.7 Å². The number of nitrogens with zero attached hydrogens (tertiary/aromatic N) is 1. The molecule has 3 heterocycles. The number of fused-ring (bicyclic) bond motifs is 4. The van der Waals surface area contributed by atoms with Gasteiger partial charge >= 0.3 is 0 Å². The summed E-state index contributed by atoms with van der Waals surface area (Å²) in [4.78, 5) is 15.5. The van der Waals surface area contributed by atoms with Crippen LogP contribution < -0.4 is 23.7 Å². The average Bonchev–Trinajstić information content (AvgIpc) is 3.47. The van der Waals surface area contributed by atoms with Crippen LogP contribution in [0.4, 0.5) is 0 Å². The Morgan fingerprint density at radius 1 is 1.03 bits per heavy atom. The van der Waals surface area contributed by atoms with E-state index in [9.17, 15) is 4.79 Å². The van der Waals surface area contributed by atoms with Crippen molar-refractivity contribution in [3.05, 3.63) is 82.1 Å². The molecule has 7 heteroatoms. The van der Waals surface area contributed by atoms with Gasteiger partial charge in [0, 0.05) is 13.1 Å². The maximum absolute atomic E-state index is 13.3. The Morgan fingerprint density at radius 3 is 2.77 bits per heavy atom. The molecule has 0 saturated heterocycles. The Kier molecular flexibility index (Phi) is 5.34. The summed E-state index contributed by atoms with van der Waals surface area (Å²) in [5.41, 5.74) is 4.31. The summed E-state index contributed by atoms with van der Waals surface area (Å²) in [6.45, 7) is 4.03. The monoisotopic (exact) mass is 471 g/mol. The molecule has 0 spiro atoms. The second-order valence-corrected chi connectivity index (χ2v) is 8.81. The van der Waals surface area contributed by atoms with Crippen LogP contribution in [0.2, 0.25) is 0 Å². The summed E-state index contributed by atoms with van der Waals surface area (Å²) in [6.07, 6.45) is 2.57. The van der Waals surface area contributed by atoms with E-state index in [0.29, 0.717) is 41.8 Å². The van der Waals surface area contributed by atoms with E-state index in [1.165, 1.54) is 0 Å². The number of methoxy groups -OCH3 is 1. The number of hydrogen-bond donors (Lipinski definition) is 0. The van der Waals surface area contributed by atoms with Gasteiger partial charge in [-0.3, -0.25) is 9.69 Å². The lowest BCUT2D eigenvalue weighted by Crippen LogP contribution is -2.34. The van der Waals surface area contributed by atoms with E-state index >= 15 is 0 Å². The first-order valence-corrected chi connectivity index (χ1v) is 11.6. The van der Waals surface area contributed by atoms with Gasteiger partial charge in [0.2, 0.25) is 12.6 Å². The molecule has 0 unspecified atom stereocenters. The van der Waals surface area contributed by atoms with Crippen molar-refractivity contribution in [1.29, 1.82) is 0 Å². The molecular weight excluding hydrogens is 446 g/mol. The van der Waals surface area contributed by atoms with E-state index in [2.05, 4.69) is 11.0 Å². The molecule has 0 aromatic heterocycles. The van der Waals surface area contributed by atoms with E-state index in [-0.39, 0.29) is 12.6 Å². The Morgan fingerprint density at radius 2 is 1.89 bits per heavy atom. The lowest BCUT2D eigenvalue weighted by molar-refractivity contribution is 0.0947. The quantitative estimate of drug-likeness (QED) is 0.498. The number of hydrogen-bond acceptors (Lipinski definition) is 7. The Hall–Kier alpha value is -3.97. The van der Waals surface area contributed by atoms with Crippen molar-refractivity contribution in [2.45, 2.75) is 19.9 Å². The second-order valence-electron chi connectivity index (χ2n) is 8.81. The predicted octanol–water partition coefficient (Wildman–Crippen LogP) is 4.74. The summed E-state index contributed by atoms with van der Waals surface area (Å²) in [7, 11) is 1.69. The number of ether oxygens (including phenoxy) is 5. The Bertz CT molecular complexity index is 1360. The summed E-state index contributed by atoms with van der Waals surface area (Å²) in [5, 5.41) is 0. The number of rotatable bonds is 5. The fourth-order valence-electron chi connectivity index (χ4n) is 4.76. The van der Waals surface area contributed by atoms with Gasteiger partial charge in [-0.05, 0) is 60.4 Å². The first-order chi connectivity index (χ1) is 17.1. The zero-order valence-electron chi connectivity index (χ0n) is 19.6. The number of benzene rings is 3. The van der Waals surface area contributed by atoms with Gasteiger partial charge in [-0.25, -0.2) is 0 Å². The molecule has 3 aromatic rings. The highest BCUT2D eigenvalue weighted by molar-refractivity contribution is 6.16. The minimum atomic E-state index is -0.121. The van der Waals surface area contributed by atoms with Crippen LogP contribution in [-0.4, -0.2) is 37.9 Å². The largest absolute Gasteiger partial charge is 0.496 e. The highest BCUT2D eigenvalue weighted by atomic mass is 16.7. The van der Waals surface area contributed by atoms with Crippen molar-refractivity contribution in [1.82, 2.24) is 4.90 Å². The fourth-order valence-corrected chi connectivity index (χ4v) is 4.76. The summed E-state index contributed by atoms with van der Waals surface area (Å²) >= 11 is 0. The van der Waals surface area contributed by atoms with Gasteiger partial charge in [-0.1, -0.05) is 24.3 Å². The SMILES string of the molecule is COc1ccccc1CCN1COc2cc(C)c3c(c2C1)O/C(=C\c1ccc2c(c1)OCO2)C3=O. The predicted molar refractivity (Wildman–Crippen MR) is 129 cm³/mol. The molecule has 0 amide bonds. The topological polar surface area (TPSA) is 66.5 Å². The Labute approximate surface area is 203 Å². The van der Waals surface area contributed by atoms with E-state index in [1.54, 1.807) is 13.2 Å². The molecule has 3 aliphatic rings. The highest BCUT2D eigenvalue weighted by Crippen LogP contribution is 2.44. The lowest BCUT2D eigenvalue weighted by atomic mass is 9.98. The van der Waals surface area contributed by atoms with Crippen molar-refractivity contribution in [2.24, 2.45) is 0 Å². The number of allylic oxidation sites excluding steroid dienone is 1. The lowest BCUT2D eigenvalue weighted by Gasteiger charge is -2.30. The van der Waals surface area contributed by atoms with Crippen molar-refractivity contribution in [3.63, 3.8) is 0 Å². The molecule has 0 N–H and O–H groups in total. The van der Waals surface area contributed by atoms with Gasteiger partial charge in [0.05, 0.1) is 18.2 Å². The third kappa shape index (κ3) is 3.88. The third-order valence-corrected chi connectivity index (χ3v) is 6.57. The molecule has 0 saturated carbocycles. The van der Waals surface area contributed by atoms with Gasteiger partial charge in [0.1, 0.15) is 24.0 Å². The molecule has 0 aliphatic carbocycles. The summed E-state index contributed by atoms with van der Waals surface area (Å²) in [5.74, 6) is 3.78. The van der Waals surface area contributed by atoms with E-state index in [4.69, 9.17) is 23.7 Å². The molecule has 35 heavy (non-hydrogen) atoms. The zero-order chi connectivity index (χ0) is 23.9. The number of carbonyl (C=O) groups is 1. The number of carbonyl (C=O) groups excluding carboxylic acids is 1.